The van der Waals surface area contributed by atoms with Crippen LogP contribution in [0, 0.1) is 18.8 Å². The topological polar surface area (TPSA) is 97.0 Å². The molecule has 1 saturated carbocycles. The van der Waals surface area contributed by atoms with Crippen LogP contribution in [0.2, 0.25) is 0 Å². The molecule has 3 heterocycles. The molecule has 1 aliphatic carbocycles. The highest BCUT2D eigenvalue weighted by atomic mass is 16.5. The molecular weight excluding hydrogens is 458 g/mol. The highest BCUT2D eigenvalue weighted by Gasteiger charge is 2.72. The van der Waals surface area contributed by atoms with Crippen molar-refractivity contribution in [3.8, 4) is 0 Å². The summed E-state index contributed by atoms with van der Waals surface area (Å²) >= 11 is 0. The summed E-state index contributed by atoms with van der Waals surface area (Å²) in [5, 5.41) is 6.18. The first kappa shape index (κ1) is 25.0. The molecule has 3 aliphatic heterocycles. The van der Waals surface area contributed by atoms with E-state index in [0.717, 1.165) is 31.2 Å². The maximum absolute atomic E-state index is 13.9. The molecule has 36 heavy (non-hydrogen) atoms. The van der Waals surface area contributed by atoms with Crippen LogP contribution < -0.4 is 10.6 Å². The van der Waals surface area contributed by atoms with Crippen molar-refractivity contribution in [2.24, 2.45) is 11.8 Å². The second kappa shape index (κ2) is 10.3. The van der Waals surface area contributed by atoms with E-state index in [9.17, 15) is 14.4 Å². The molecule has 2 bridgehead atoms. The minimum atomic E-state index is -1.12. The monoisotopic (exact) mass is 495 g/mol. The van der Waals surface area contributed by atoms with Gasteiger partial charge in [0.05, 0.1) is 17.9 Å². The molecule has 4 aliphatic rings. The number of aryl methyl sites for hydroxylation is 1. The van der Waals surface area contributed by atoms with Crippen LogP contribution in [0.1, 0.15) is 51.0 Å². The van der Waals surface area contributed by atoms with E-state index in [0.29, 0.717) is 31.9 Å². The van der Waals surface area contributed by atoms with Crippen LogP contribution in [0.5, 0.6) is 0 Å². The average Bonchev–Trinajstić information content (AvgIpc) is 3.51. The van der Waals surface area contributed by atoms with Crippen LogP contribution in [0.4, 0.5) is 5.69 Å². The molecule has 8 heteroatoms. The van der Waals surface area contributed by atoms with Crippen molar-refractivity contribution in [3.05, 3.63) is 42.0 Å². The predicted octanol–water partition coefficient (Wildman–Crippen LogP) is 2.96. The summed E-state index contributed by atoms with van der Waals surface area (Å²) in [6.07, 6.45) is 9.09. The molecule has 0 radical (unpaired) electrons. The zero-order valence-corrected chi connectivity index (χ0v) is 21.2. The summed E-state index contributed by atoms with van der Waals surface area (Å²) in [6, 6.07) is 6.89. The lowest BCUT2D eigenvalue weighted by Crippen LogP contribution is -2.56. The fourth-order valence-electron chi connectivity index (χ4n) is 6.38. The van der Waals surface area contributed by atoms with Crippen molar-refractivity contribution in [3.63, 3.8) is 0 Å². The molecule has 2 N–H and O–H groups in total. The van der Waals surface area contributed by atoms with Crippen molar-refractivity contribution in [1.29, 1.82) is 0 Å². The zero-order chi connectivity index (χ0) is 25.3. The highest BCUT2D eigenvalue weighted by Crippen LogP contribution is 2.55. The minimum absolute atomic E-state index is 0.116. The van der Waals surface area contributed by atoms with Gasteiger partial charge in [-0.25, -0.2) is 0 Å². The van der Waals surface area contributed by atoms with E-state index in [1.54, 1.807) is 4.90 Å². The lowest BCUT2D eigenvalue weighted by Gasteiger charge is -2.34. The Bertz CT molecular complexity index is 1020. The van der Waals surface area contributed by atoms with Crippen molar-refractivity contribution in [2.75, 3.05) is 25.1 Å². The van der Waals surface area contributed by atoms with Gasteiger partial charge in [-0.1, -0.05) is 49.1 Å². The largest absolute Gasteiger partial charge is 0.382 e. The molecule has 8 nitrogen and oxygen atoms in total. The number of rotatable bonds is 9. The Kier molecular flexibility index (Phi) is 7.17. The van der Waals surface area contributed by atoms with Gasteiger partial charge in [0, 0.05) is 31.5 Å². The summed E-state index contributed by atoms with van der Waals surface area (Å²) < 4.78 is 11.9. The number of hydrogen-bond acceptors (Lipinski definition) is 5. The summed E-state index contributed by atoms with van der Waals surface area (Å²) in [4.78, 5) is 42.7. The van der Waals surface area contributed by atoms with Crippen molar-refractivity contribution < 1.29 is 23.9 Å². The standard InChI is InChI=1S/C28H37N3O5/c1-3-35-17-7-16-31-24(26(33)30-19-8-5-4-6-9-19)28-15-14-21(36-28)22(23(28)27(31)34)25(32)29-20-12-10-18(2)11-13-20/h10-15,19,21-24H,3-9,16-17H2,1-2H3,(H,29,32)(H,30,33). The third-order valence-electron chi connectivity index (χ3n) is 8.09. The molecule has 1 aromatic rings. The van der Waals surface area contributed by atoms with Crippen LogP contribution in [-0.2, 0) is 23.9 Å². The Balaban J connectivity index is 1.40. The first-order valence-corrected chi connectivity index (χ1v) is 13.4. The van der Waals surface area contributed by atoms with Gasteiger partial charge in [-0.2, -0.15) is 0 Å². The smallest absolute Gasteiger partial charge is 0.246 e. The van der Waals surface area contributed by atoms with Gasteiger partial charge in [-0.05, 0) is 45.2 Å². The average molecular weight is 496 g/mol. The SMILES string of the molecule is CCOCCCN1C(=O)C2C(C(=O)Nc3ccc(C)cc3)C3C=CC2(O3)C1C(=O)NC1CCCCC1. The normalized spacial score (nSPS) is 31.1. The van der Waals surface area contributed by atoms with Crippen LogP contribution in [0.15, 0.2) is 36.4 Å². The summed E-state index contributed by atoms with van der Waals surface area (Å²) in [5.74, 6) is -2.04. The van der Waals surface area contributed by atoms with Gasteiger partial charge in [0.25, 0.3) is 0 Å². The molecule has 3 amide bonds. The van der Waals surface area contributed by atoms with E-state index in [1.807, 2.05) is 50.3 Å². The van der Waals surface area contributed by atoms with Crippen LogP contribution in [0.3, 0.4) is 0 Å². The van der Waals surface area contributed by atoms with E-state index in [2.05, 4.69) is 10.6 Å². The van der Waals surface area contributed by atoms with Crippen molar-refractivity contribution >= 4 is 23.4 Å². The number of fused-ring (bicyclic) bond motifs is 1. The van der Waals surface area contributed by atoms with Crippen LogP contribution in [0.25, 0.3) is 0 Å². The molecule has 5 unspecified atom stereocenters. The fourth-order valence-corrected chi connectivity index (χ4v) is 6.38. The molecule has 3 fully saturated rings. The highest BCUT2D eigenvalue weighted by molar-refractivity contribution is 6.02. The lowest BCUT2D eigenvalue weighted by atomic mass is 9.74. The molecule has 0 aromatic heterocycles. The number of nitrogens with one attached hydrogen (secondary N) is 2. The molecule has 194 valence electrons. The number of likely N-dealkylation sites (tertiary alicyclic amines) is 1. The van der Waals surface area contributed by atoms with Gasteiger partial charge < -0.3 is 25.0 Å². The third kappa shape index (κ3) is 4.45. The quantitative estimate of drug-likeness (QED) is 0.406. The van der Waals surface area contributed by atoms with E-state index in [1.165, 1.54) is 6.42 Å². The summed E-state index contributed by atoms with van der Waals surface area (Å²) in [5.41, 5.74) is 0.650. The van der Waals surface area contributed by atoms with E-state index in [4.69, 9.17) is 9.47 Å². The van der Waals surface area contributed by atoms with Gasteiger partial charge in [0.15, 0.2) is 0 Å². The first-order valence-electron chi connectivity index (χ1n) is 13.4. The Labute approximate surface area is 212 Å². The number of benzene rings is 1. The summed E-state index contributed by atoms with van der Waals surface area (Å²) in [7, 11) is 0. The Morgan fingerprint density at radius 1 is 1.14 bits per heavy atom. The molecule has 5 atom stereocenters. The van der Waals surface area contributed by atoms with Crippen molar-refractivity contribution in [1.82, 2.24) is 10.2 Å². The van der Waals surface area contributed by atoms with Crippen LogP contribution in [-0.4, -0.2) is 66.2 Å². The van der Waals surface area contributed by atoms with Crippen LogP contribution >= 0.6 is 0 Å². The van der Waals surface area contributed by atoms with Gasteiger partial charge in [0.2, 0.25) is 17.7 Å². The number of anilines is 1. The molecule has 1 spiro atoms. The minimum Gasteiger partial charge on any atom is -0.382 e. The van der Waals surface area contributed by atoms with Gasteiger partial charge in [-0.3, -0.25) is 14.4 Å². The number of ether oxygens (including phenoxy) is 2. The van der Waals surface area contributed by atoms with E-state index >= 15 is 0 Å². The number of carbonyl (C=O) groups is 3. The number of nitrogens with zero attached hydrogens (tertiary/aromatic N) is 1. The number of hydrogen-bond donors (Lipinski definition) is 2. The summed E-state index contributed by atoms with van der Waals surface area (Å²) in [6.45, 7) is 5.40. The van der Waals surface area contributed by atoms with Crippen molar-refractivity contribution in [2.45, 2.75) is 76.2 Å². The van der Waals surface area contributed by atoms with Gasteiger partial charge in [0.1, 0.15) is 11.6 Å². The maximum Gasteiger partial charge on any atom is 0.246 e. The fraction of sp³-hybridized carbons (Fsp3) is 0.607. The Morgan fingerprint density at radius 2 is 1.89 bits per heavy atom. The lowest BCUT2D eigenvalue weighted by molar-refractivity contribution is -0.141. The van der Waals surface area contributed by atoms with Gasteiger partial charge in [-0.15, -0.1) is 0 Å². The second-order valence-electron chi connectivity index (χ2n) is 10.5. The molecule has 1 aromatic carbocycles. The molecule has 5 rings (SSSR count). The number of carbonyl (C=O) groups excluding carboxylic acids is 3. The number of amides is 3. The predicted molar refractivity (Wildman–Crippen MR) is 135 cm³/mol. The Hall–Kier alpha value is -2.71. The Morgan fingerprint density at radius 3 is 2.61 bits per heavy atom. The van der Waals surface area contributed by atoms with E-state index < -0.39 is 29.6 Å². The zero-order valence-electron chi connectivity index (χ0n) is 21.2. The van der Waals surface area contributed by atoms with Gasteiger partial charge >= 0.3 is 0 Å². The first-order chi connectivity index (χ1) is 17.4. The maximum atomic E-state index is 13.9. The third-order valence-corrected chi connectivity index (χ3v) is 8.09. The molecule has 2 saturated heterocycles. The van der Waals surface area contributed by atoms with E-state index in [-0.39, 0.29) is 23.8 Å². The second-order valence-corrected chi connectivity index (χ2v) is 10.5. The molecular formula is C28H37N3O5.